The molecule has 1 amide bonds. The first kappa shape index (κ1) is 17.7. The summed E-state index contributed by atoms with van der Waals surface area (Å²) >= 11 is 0. The van der Waals surface area contributed by atoms with Gasteiger partial charge in [0.1, 0.15) is 5.92 Å². The van der Waals surface area contributed by atoms with E-state index in [2.05, 4.69) is 10.1 Å². The lowest BCUT2D eigenvalue weighted by Gasteiger charge is -2.12. The van der Waals surface area contributed by atoms with Crippen molar-refractivity contribution in [1.82, 2.24) is 0 Å². The molecule has 24 heavy (non-hydrogen) atoms. The molecule has 1 aliphatic rings. The molecule has 1 aliphatic heterocycles. The van der Waals surface area contributed by atoms with Crippen LogP contribution in [0.5, 0.6) is 0 Å². The minimum absolute atomic E-state index is 0.0270. The molecule has 1 atom stereocenters. The monoisotopic (exact) mass is 332 g/mol. The number of benzene rings is 1. The summed E-state index contributed by atoms with van der Waals surface area (Å²) in [5, 5.41) is 16.4. The van der Waals surface area contributed by atoms with Gasteiger partial charge in [-0.1, -0.05) is 13.3 Å². The van der Waals surface area contributed by atoms with Crippen molar-refractivity contribution in [3.8, 4) is 0 Å². The standard InChI is InChI=1S/C16H20N4O4/c1-3-4-15-14(11-17-9-10-24-2)16(21)19(18-15)12-5-7-13(8-6-12)20(22)23/h5-8,11,14H,3-4,9-10H2,1-2H3/t14-/m1/s1. The third kappa shape index (κ3) is 4.02. The molecule has 1 aromatic carbocycles. The van der Waals surface area contributed by atoms with Gasteiger partial charge in [-0.3, -0.25) is 19.9 Å². The van der Waals surface area contributed by atoms with Gasteiger partial charge in [0.15, 0.2) is 0 Å². The number of ether oxygens (including phenoxy) is 1. The van der Waals surface area contributed by atoms with E-state index in [0.717, 1.165) is 12.1 Å². The van der Waals surface area contributed by atoms with Gasteiger partial charge in [-0.25, -0.2) is 0 Å². The smallest absolute Gasteiger partial charge is 0.269 e. The van der Waals surface area contributed by atoms with E-state index in [1.165, 1.54) is 29.3 Å². The Labute approximate surface area is 140 Å². The van der Waals surface area contributed by atoms with Crippen molar-refractivity contribution < 1.29 is 14.5 Å². The summed E-state index contributed by atoms with van der Waals surface area (Å²) in [5.74, 6) is -0.689. The van der Waals surface area contributed by atoms with Gasteiger partial charge in [0.2, 0.25) is 0 Å². The molecule has 0 aliphatic carbocycles. The zero-order valence-corrected chi connectivity index (χ0v) is 13.7. The first-order valence-electron chi connectivity index (χ1n) is 7.73. The maximum atomic E-state index is 12.6. The molecule has 2 rings (SSSR count). The van der Waals surface area contributed by atoms with E-state index in [9.17, 15) is 14.9 Å². The largest absolute Gasteiger partial charge is 0.383 e. The Kier molecular flexibility index (Phi) is 6.14. The highest BCUT2D eigenvalue weighted by Gasteiger charge is 2.35. The third-order valence-corrected chi connectivity index (χ3v) is 3.55. The van der Waals surface area contributed by atoms with Crippen molar-refractivity contribution >= 4 is 29.2 Å². The fourth-order valence-electron chi connectivity index (χ4n) is 2.35. The van der Waals surface area contributed by atoms with Crippen molar-refractivity contribution in [3.05, 3.63) is 34.4 Å². The highest BCUT2D eigenvalue weighted by atomic mass is 16.6. The fourth-order valence-corrected chi connectivity index (χ4v) is 2.35. The van der Waals surface area contributed by atoms with Gasteiger partial charge in [-0.15, -0.1) is 0 Å². The number of anilines is 1. The van der Waals surface area contributed by atoms with E-state index >= 15 is 0 Å². The van der Waals surface area contributed by atoms with Crippen LogP contribution in [0.3, 0.4) is 0 Å². The lowest BCUT2D eigenvalue weighted by molar-refractivity contribution is -0.384. The van der Waals surface area contributed by atoms with Gasteiger partial charge in [0.05, 0.1) is 29.5 Å². The second kappa shape index (κ2) is 8.30. The number of rotatable bonds is 8. The first-order valence-corrected chi connectivity index (χ1v) is 7.73. The van der Waals surface area contributed by atoms with E-state index in [1.807, 2.05) is 6.92 Å². The molecule has 0 N–H and O–H groups in total. The van der Waals surface area contributed by atoms with Crippen LogP contribution in [0.4, 0.5) is 11.4 Å². The van der Waals surface area contributed by atoms with Crippen LogP contribution in [-0.4, -0.2) is 43.0 Å². The number of nitro groups is 1. The number of hydrazone groups is 1. The van der Waals surface area contributed by atoms with Crippen molar-refractivity contribution in [2.24, 2.45) is 16.0 Å². The highest BCUT2D eigenvalue weighted by Crippen LogP contribution is 2.26. The second-order valence-corrected chi connectivity index (χ2v) is 5.29. The van der Waals surface area contributed by atoms with Gasteiger partial charge in [0.25, 0.3) is 11.6 Å². The predicted molar refractivity (Wildman–Crippen MR) is 91.7 cm³/mol. The van der Waals surface area contributed by atoms with Gasteiger partial charge in [-0.05, 0) is 18.6 Å². The topological polar surface area (TPSA) is 97.4 Å². The molecule has 0 spiro atoms. The third-order valence-electron chi connectivity index (χ3n) is 3.55. The Morgan fingerprint density at radius 1 is 1.42 bits per heavy atom. The summed E-state index contributed by atoms with van der Waals surface area (Å²) in [7, 11) is 1.59. The summed E-state index contributed by atoms with van der Waals surface area (Å²) < 4.78 is 4.93. The molecule has 0 radical (unpaired) electrons. The van der Waals surface area contributed by atoms with E-state index in [-0.39, 0.29) is 11.6 Å². The van der Waals surface area contributed by atoms with E-state index in [1.54, 1.807) is 13.3 Å². The molecule has 1 heterocycles. The number of methoxy groups -OCH3 is 1. The van der Waals surface area contributed by atoms with Crippen LogP contribution in [-0.2, 0) is 9.53 Å². The molecule has 8 heteroatoms. The Balaban J connectivity index is 2.20. The zero-order chi connectivity index (χ0) is 17.5. The summed E-state index contributed by atoms with van der Waals surface area (Å²) in [6, 6.07) is 5.76. The van der Waals surface area contributed by atoms with Crippen LogP contribution in [0, 0.1) is 16.0 Å². The molecular formula is C16H20N4O4. The summed E-state index contributed by atoms with van der Waals surface area (Å²) in [6.45, 7) is 2.99. The molecule has 128 valence electrons. The molecule has 0 saturated carbocycles. The molecule has 0 bridgehead atoms. The Morgan fingerprint density at radius 2 is 2.12 bits per heavy atom. The van der Waals surface area contributed by atoms with Crippen molar-refractivity contribution in [2.75, 3.05) is 25.3 Å². The number of nitro benzene ring substituents is 1. The average Bonchev–Trinajstić information content (AvgIpc) is 2.88. The SMILES string of the molecule is CCCC1=NN(c2ccc([N+](=O)[O-])cc2)C(=O)[C@@H]1C=NCCOC. The predicted octanol–water partition coefficient (Wildman–Crippen LogP) is 2.43. The van der Waals surface area contributed by atoms with Crippen LogP contribution in [0.25, 0.3) is 0 Å². The maximum absolute atomic E-state index is 12.6. The summed E-state index contributed by atoms with van der Waals surface area (Å²) in [6.07, 6.45) is 3.17. The summed E-state index contributed by atoms with van der Waals surface area (Å²) in [5.41, 5.74) is 1.23. The van der Waals surface area contributed by atoms with Gasteiger partial charge < -0.3 is 4.74 Å². The van der Waals surface area contributed by atoms with E-state index in [4.69, 9.17) is 4.74 Å². The van der Waals surface area contributed by atoms with Gasteiger partial charge >= 0.3 is 0 Å². The lowest BCUT2D eigenvalue weighted by Crippen LogP contribution is -2.28. The van der Waals surface area contributed by atoms with Crippen molar-refractivity contribution in [3.63, 3.8) is 0 Å². The number of hydrogen-bond acceptors (Lipinski definition) is 6. The van der Waals surface area contributed by atoms with E-state index in [0.29, 0.717) is 25.3 Å². The van der Waals surface area contributed by atoms with Gasteiger partial charge in [0, 0.05) is 25.5 Å². The zero-order valence-electron chi connectivity index (χ0n) is 13.7. The minimum Gasteiger partial charge on any atom is -0.383 e. The average molecular weight is 332 g/mol. The highest BCUT2D eigenvalue weighted by molar-refractivity contribution is 6.24. The number of non-ortho nitro benzene ring substituents is 1. The van der Waals surface area contributed by atoms with Gasteiger partial charge in [-0.2, -0.15) is 10.1 Å². The van der Waals surface area contributed by atoms with Crippen LogP contribution in [0.1, 0.15) is 19.8 Å². The number of aliphatic imine (C=N–C) groups is 1. The number of nitrogens with zero attached hydrogens (tertiary/aromatic N) is 4. The minimum atomic E-state index is -0.489. The number of carbonyl (C=O) groups is 1. The molecule has 0 aromatic heterocycles. The molecule has 0 saturated heterocycles. The number of hydrogen-bond donors (Lipinski definition) is 0. The van der Waals surface area contributed by atoms with Crippen LogP contribution in [0.15, 0.2) is 34.4 Å². The molecule has 8 nitrogen and oxygen atoms in total. The molecule has 0 unspecified atom stereocenters. The molecule has 0 fully saturated rings. The lowest BCUT2D eigenvalue weighted by atomic mass is 10.0. The quantitative estimate of drug-likeness (QED) is 0.316. The second-order valence-electron chi connectivity index (χ2n) is 5.29. The fraction of sp³-hybridized carbons (Fsp3) is 0.438. The Morgan fingerprint density at radius 3 is 2.71 bits per heavy atom. The Hall–Kier alpha value is -2.61. The Bertz CT molecular complexity index is 655. The van der Waals surface area contributed by atoms with Crippen LogP contribution in [0.2, 0.25) is 0 Å². The van der Waals surface area contributed by atoms with Crippen molar-refractivity contribution in [1.29, 1.82) is 0 Å². The maximum Gasteiger partial charge on any atom is 0.269 e. The first-order chi connectivity index (χ1) is 11.6. The van der Waals surface area contributed by atoms with Crippen molar-refractivity contribution in [2.45, 2.75) is 19.8 Å². The molecular weight excluding hydrogens is 312 g/mol. The van der Waals surface area contributed by atoms with Crippen LogP contribution < -0.4 is 5.01 Å². The molecule has 1 aromatic rings. The van der Waals surface area contributed by atoms with Crippen LogP contribution >= 0.6 is 0 Å². The number of amides is 1. The van der Waals surface area contributed by atoms with E-state index < -0.39 is 10.8 Å². The normalized spacial score (nSPS) is 17.6. The number of carbonyl (C=O) groups excluding carboxylic acids is 1. The summed E-state index contributed by atoms with van der Waals surface area (Å²) in [4.78, 5) is 27.1.